The van der Waals surface area contributed by atoms with Gasteiger partial charge in [0, 0.05) is 35.6 Å². The molecule has 1 aromatic heterocycles. The lowest BCUT2D eigenvalue weighted by molar-refractivity contribution is -0.144. The number of aromatic hydroxyl groups is 1. The third-order valence-corrected chi connectivity index (χ3v) is 4.83. The number of esters is 1. The van der Waals surface area contributed by atoms with Crippen molar-refractivity contribution in [3.8, 4) is 17.2 Å². The topological polar surface area (TPSA) is 95.2 Å². The van der Waals surface area contributed by atoms with Crippen LogP contribution in [-0.2, 0) is 29.0 Å². The quantitative estimate of drug-likeness (QED) is 0.445. The van der Waals surface area contributed by atoms with E-state index in [1.54, 1.807) is 26.4 Å². The summed E-state index contributed by atoms with van der Waals surface area (Å²) in [7, 11) is 3.13. The van der Waals surface area contributed by atoms with Crippen molar-refractivity contribution in [1.29, 1.82) is 0 Å². The van der Waals surface area contributed by atoms with Crippen LogP contribution in [0, 0.1) is 0 Å². The number of carbonyl (C=O) groups is 1. The van der Waals surface area contributed by atoms with Crippen molar-refractivity contribution >= 4 is 16.9 Å². The third-order valence-electron chi connectivity index (χ3n) is 4.83. The number of aryl methyl sites for hydroxylation is 2. The zero-order valence-corrected chi connectivity index (χ0v) is 17.2. The Labute approximate surface area is 173 Å². The van der Waals surface area contributed by atoms with Gasteiger partial charge in [-0.3, -0.25) is 4.79 Å². The number of ether oxygens (including phenoxy) is 3. The second-order valence-electron chi connectivity index (χ2n) is 6.80. The first-order valence-electron chi connectivity index (χ1n) is 9.59. The van der Waals surface area contributed by atoms with Gasteiger partial charge in [0.05, 0.1) is 14.2 Å². The summed E-state index contributed by atoms with van der Waals surface area (Å²) in [5.74, 6) is 0.967. The van der Waals surface area contributed by atoms with Gasteiger partial charge in [-0.25, -0.2) is 4.79 Å². The molecule has 0 bridgehead atoms. The van der Waals surface area contributed by atoms with Crippen molar-refractivity contribution in [1.82, 2.24) is 0 Å². The van der Waals surface area contributed by atoms with E-state index in [0.29, 0.717) is 35.3 Å². The maximum Gasteiger partial charge on any atom is 0.336 e. The van der Waals surface area contributed by atoms with E-state index in [-0.39, 0.29) is 24.4 Å². The second-order valence-corrected chi connectivity index (χ2v) is 6.80. The van der Waals surface area contributed by atoms with Crippen molar-refractivity contribution in [2.75, 3.05) is 14.2 Å². The van der Waals surface area contributed by atoms with E-state index in [0.717, 1.165) is 11.1 Å². The van der Waals surface area contributed by atoms with Crippen LogP contribution < -0.4 is 15.1 Å². The van der Waals surface area contributed by atoms with E-state index in [1.165, 1.54) is 12.1 Å². The Kier molecular flexibility index (Phi) is 6.61. The molecule has 3 rings (SSSR count). The number of methoxy groups -OCH3 is 2. The summed E-state index contributed by atoms with van der Waals surface area (Å²) >= 11 is 0. The van der Waals surface area contributed by atoms with Gasteiger partial charge < -0.3 is 23.7 Å². The molecule has 0 aliphatic heterocycles. The predicted octanol–water partition coefficient (Wildman–Crippen LogP) is 3.75. The third kappa shape index (κ3) is 4.92. The number of rotatable bonds is 8. The first-order chi connectivity index (χ1) is 14.4. The zero-order chi connectivity index (χ0) is 21.7. The smallest absolute Gasteiger partial charge is 0.336 e. The van der Waals surface area contributed by atoms with Crippen molar-refractivity contribution < 1.29 is 28.5 Å². The molecule has 3 aromatic rings. The summed E-state index contributed by atoms with van der Waals surface area (Å²) in [5.41, 5.74) is 1.83. The van der Waals surface area contributed by atoms with Crippen LogP contribution in [0.15, 0.2) is 45.6 Å². The Morgan fingerprint density at radius 3 is 2.33 bits per heavy atom. The zero-order valence-electron chi connectivity index (χ0n) is 17.2. The first-order valence-corrected chi connectivity index (χ1v) is 9.59. The van der Waals surface area contributed by atoms with E-state index in [4.69, 9.17) is 18.6 Å². The number of phenolic OH excluding ortho intramolecular Hbond substituents is 1. The maximum atomic E-state index is 12.3. The number of hydrogen-bond acceptors (Lipinski definition) is 7. The molecule has 0 aliphatic rings. The number of carbonyl (C=O) groups excluding carboxylic acids is 1. The van der Waals surface area contributed by atoms with Crippen LogP contribution in [0.3, 0.4) is 0 Å². The highest BCUT2D eigenvalue weighted by Crippen LogP contribution is 2.27. The highest BCUT2D eigenvalue weighted by atomic mass is 16.5. The Morgan fingerprint density at radius 2 is 1.70 bits per heavy atom. The van der Waals surface area contributed by atoms with E-state index in [2.05, 4.69) is 0 Å². The fourth-order valence-electron chi connectivity index (χ4n) is 3.20. The van der Waals surface area contributed by atoms with E-state index in [9.17, 15) is 14.7 Å². The van der Waals surface area contributed by atoms with Gasteiger partial charge in [0.15, 0.2) is 0 Å². The lowest BCUT2D eigenvalue weighted by Crippen LogP contribution is -2.08. The predicted molar refractivity (Wildman–Crippen MR) is 111 cm³/mol. The van der Waals surface area contributed by atoms with Crippen molar-refractivity contribution in [2.45, 2.75) is 32.8 Å². The van der Waals surface area contributed by atoms with Crippen LogP contribution in [0.2, 0.25) is 0 Å². The van der Waals surface area contributed by atoms with Crippen LogP contribution in [-0.4, -0.2) is 25.3 Å². The Balaban J connectivity index is 1.70. The molecule has 2 aromatic carbocycles. The molecule has 7 heteroatoms. The minimum atomic E-state index is -0.569. The molecule has 30 heavy (non-hydrogen) atoms. The summed E-state index contributed by atoms with van der Waals surface area (Å²) in [6, 6.07) is 9.90. The monoisotopic (exact) mass is 412 g/mol. The van der Waals surface area contributed by atoms with Crippen LogP contribution in [0.5, 0.6) is 17.2 Å². The van der Waals surface area contributed by atoms with Gasteiger partial charge >= 0.3 is 11.6 Å². The fraction of sp³-hybridized carbons (Fsp3) is 0.304. The molecule has 0 spiro atoms. The van der Waals surface area contributed by atoms with E-state index < -0.39 is 11.6 Å². The molecule has 158 valence electrons. The molecule has 7 nitrogen and oxygen atoms in total. The molecule has 0 amide bonds. The summed E-state index contributed by atoms with van der Waals surface area (Å²) in [6.07, 6.45) is 1.23. The van der Waals surface area contributed by atoms with Gasteiger partial charge in [0.2, 0.25) is 0 Å². The number of fused-ring (bicyclic) bond motifs is 1. The summed E-state index contributed by atoms with van der Waals surface area (Å²) < 4.78 is 21.0. The Hall–Kier alpha value is -3.48. The molecule has 0 saturated heterocycles. The van der Waals surface area contributed by atoms with Crippen LogP contribution >= 0.6 is 0 Å². The second kappa shape index (κ2) is 9.35. The van der Waals surface area contributed by atoms with E-state index >= 15 is 0 Å². The van der Waals surface area contributed by atoms with Crippen molar-refractivity contribution in [3.05, 3.63) is 63.5 Å². The minimum Gasteiger partial charge on any atom is -0.508 e. The molecule has 0 unspecified atom stereocenters. The standard InChI is InChI=1S/C23H24O7/c1-4-15-9-19-16(10-23(26)30-21(19)12-20(15)24)13-29-22(25)6-5-14-7-17(27-2)11-18(8-14)28-3/h7-12,24H,4-6,13H2,1-3H3. The van der Waals surface area contributed by atoms with Gasteiger partial charge in [-0.2, -0.15) is 0 Å². The fourth-order valence-corrected chi connectivity index (χ4v) is 3.20. The van der Waals surface area contributed by atoms with Crippen LogP contribution in [0.4, 0.5) is 0 Å². The largest absolute Gasteiger partial charge is 0.508 e. The van der Waals surface area contributed by atoms with Crippen molar-refractivity contribution in [3.63, 3.8) is 0 Å². The highest BCUT2D eigenvalue weighted by molar-refractivity contribution is 5.83. The molecular formula is C23H24O7. The van der Waals surface area contributed by atoms with Gasteiger partial charge in [0.1, 0.15) is 29.4 Å². The minimum absolute atomic E-state index is 0.0592. The van der Waals surface area contributed by atoms with Gasteiger partial charge in [-0.1, -0.05) is 6.92 Å². The van der Waals surface area contributed by atoms with Gasteiger partial charge in [-0.05, 0) is 42.2 Å². The first kappa shape index (κ1) is 21.2. The number of hydrogen-bond donors (Lipinski definition) is 1. The Bertz CT molecular complexity index is 1090. The number of phenols is 1. The Morgan fingerprint density at radius 1 is 1.00 bits per heavy atom. The molecule has 0 radical (unpaired) electrons. The average Bonchev–Trinajstić information content (AvgIpc) is 2.75. The SMILES string of the molecule is CCc1cc2c(COC(=O)CCc3cc(OC)cc(OC)c3)cc(=O)oc2cc1O. The molecule has 0 fully saturated rings. The van der Waals surface area contributed by atoms with Crippen LogP contribution in [0.25, 0.3) is 11.0 Å². The van der Waals surface area contributed by atoms with Crippen molar-refractivity contribution in [2.24, 2.45) is 0 Å². The molecule has 0 saturated carbocycles. The van der Waals surface area contributed by atoms with Crippen LogP contribution in [0.1, 0.15) is 30.0 Å². The molecular weight excluding hydrogens is 388 g/mol. The summed E-state index contributed by atoms with van der Waals surface area (Å²) in [4.78, 5) is 24.1. The highest BCUT2D eigenvalue weighted by Gasteiger charge is 2.13. The maximum absolute atomic E-state index is 12.3. The summed E-state index contributed by atoms with van der Waals surface area (Å²) in [6.45, 7) is 1.85. The molecule has 0 aliphatic carbocycles. The normalized spacial score (nSPS) is 10.8. The summed E-state index contributed by atoms with van der Waals surface area (Å²) in [5, 5.41) is 10.6. The van der Waals surface area contributed by atoms with E-state index in [1.807, 2.05) is 19.1 Å². The van der Waals surface area contributed by atoms with Gasteiger partial charge in [-0.15, -0.1) is 0 Å². The average molecular weight is 412 g/mol. The molecule has 1 N–H and O–H groups in total. The lowest BCUT2D eigenvalue weighted by atomic mass is 10.0. The number of benzene rings is 2. The molecule has 1 heterocycles. The van der Waals surface area contributed by atoms with Gasteiger partial charge in [0.25, 0.3) is 0 Å². The lowest BCUT2D eigenvalue weighted by Gasteiger charge is -2.10. The molecule has 0 atom stereocenters.